The molecular weight excluding hydrogens is 188 g/mol. The lowest BCUT2D eigenvalue weighted by atomic mass is 9.86. The molecule has 0 aromatic heterocycles. The fraction of sp³-hybridized carbons (Fsp3) is 0.917. The second-order valence-corrected chi connectivity index (χ2v) is 4.82. The Kier molecular flexibility index (Phi) is 5.09. The van der Waals surface area contributed by atoms with Crippen molar-refractivity contribution in [3.05, 3.63) is 0 Å². The first-order valence-corrected chi connectivity index (χ1v) is 6.07. The highest BCUT2D eigenvalue weighted by molar-refractivity contribution is 5.76. The van der Waals surface area contributed by atoms with E-state index in [1.54, 1.807) is 0 Å². The summed E-state index contributed by atoms with van der Waals surface area (Å²) in [5.74, 6) is 1.89. The summed E-state index contributed by atoms with van der Waals surface area (Å²) >= 11 is 0. The number of amides is 1. The van der Waals surface area contributed by atoms with Crippen molar-refractivity contribution in [2.75, 3.05) is 26.7 Å². The van der Waals surface area contributed by atoms with Gasteiger partial charge in [0.05, 0.1) is 0 Å². The lowest BCUT2D eigenvalue weighted by Gasteiger charge is -2.34. The Balaban J connectivity index is 2.27. The average molecular weight is 212 g/mol. The van der Waals surface area contributed by atoms with Gasteiger partial charge in [0, 0.05) is 26.1 Å². The minimum absolute atomic E-state index is 0.312. The van der Waals surface area contributed by atoms with Crippen molar-refractivity contribution in [3.8, 4) is 0 Å². The van der Waals surface area contributed by atoms with Gasteiger partial charge in [-0.3, -0.25) is 4.79 Å². The number of nitrogens with one attached hydrogen (secondary N) is 1. The van der Waals surface area contributed by atoms with Crippen LogP contribution in [-0.2, 0) is 4.79 Å². The van der Waals surface area contributed by atoms with Crippen LogP contribution in [0.25, 0.3) is 0 Å². The number of hydrogen-bond donors (Lipinski definition) is 1. The van der Waals surface area contributed by atoms with Crippen molar-refractivity contribution in [2.24, 2.45) is 11.8 Å². The predicted octanol–water partition coefficient (Wildman–Crippen LogP) is 1.49. The van der Waals surface area contributed by atoms with Crippen LogP contribution >= 0.6 is 0 Å². The van der Waals surface area contributed by atoms with Gasteiger partial charge in [0.15, 0.2) is 0 Å². The molecule has 0 radical (unpaired) electrons. The summed E-state index contributed by atoms with van der Waals surface area (Å²) in [6.07, 6.45) is 3.01. The van der Waals surface area contributed by atoms with Gasteiger partial charge in [-0.05, 0) is 31.7 Å². The van der Waals surface area contributed by atoms with Crippen molar-refractivity contribution < 1.29 is 4.79 Å². The molecule has 0 saturated carbocycles. The molecule has 0 atom stereocenters. The normalized spacial score (nSPS) is 18.5. The molecule has 3 heteroatoms. The molecule has 1 rings (SSSR count). The van der Waals surface area contributed by atoms with E-state index >= 15 is 0 Å². The molecule has 88 valence electrons. The first-order chi connectivity index (χ1) is 7.15. The molecule has 1 aliphatic rings. The molecule has 1 N–H and O–H groups in total. The molecular formula is C12H24N2O. The van der Waals surface area contributed by atoms with E-state index in [9.17, 15) is 4.79 Å². The quantitative estimate of drug-likeness (QED) is 0.766. The number of carbonyl (C=O) groups excluding carboxylic acids is 1. The number of hydrogen-bond acceptors (Lipinski definition) is 2. The Morgan fingerprint density at radius 2 is 2.00 bits per heavy atom. The van der Waals surface area contributed by atoms with Gasteiger partial charge in [0.1, 0.15) is 0 Å². The van der Waals surface area contributed by atoms with Gasteiger partial charge < -0.3 is 10.2 Å². The second kappa shape index (κ2) is 6.11. The summed E-state index contributed by atoms with van der Waals surface area (Å²) < 4.78 is 0. The van der Waals surface area contributed by atoms with E-state index in [1.165, 1.54) is 12.8 Å². The standard InChI is InChI=1S/C12H24N2O/c1-10(2)11-5-8-14(9-6-11)12(15)4-7-13-3/h10-11,13H,4-9H2,1-3H3. The monoisotopic (exact) mass is 212 g/mol. The maximum atomic E-state index is 11.7. The second-order valence-electron chi connectivity index (χ2n) is 4.82. The third-order valence-corrected chi connectivity index (χ3v) is 3.42. The largest absolute Gasteiger partial charge is 0.343 e. The molecule has 1 amide bonds. The van der Waals surface area contributed by atoms with Crippen LogP contribution in [-0.4, -0.2) is 37.5 Å². The van der Waals surface area contributed by atoms with Crippen molar-refractivity contribution >= 4 is 5.91 Å². The maximum Gasteiger partial charge on any atom is 0.223 e. The Morgan fingerprint density at radius 3 is 2.47 bits per heavy atom. The molecule has 0 aliphatic carbocycles. The molecule has 1 heterocycles. The van der Waals surface area contributed by atoms with E-state index in [2.05, 4.69) is 19.2 Å². The van der Waals surface area contributed by atoms with Crippen molar-refractivity contribution in [2.45, 2.75) is 33.1 Å². The van der Waals surface area contributed by atoms with Crippen LogP contribution in [0.1, 0.15) is 33.1 Å². The minimum Gasteiger partial charge on any atom is -0.343 e. The van der Waals surface area contributed by atoms with E-state index in [4.69, 9.17) is 0 Å². The minimum atomic E-state index is 0.312. The summed E-state index contributed by atoms with van der Waals surface area (Å²) in [4.78, 5) is 13.7. The number of likely N-dealkylation sites (tertiary alicyclic amines) is 1. The predicted molar refractivity (Wildman–Crippen MR) is 62.7 cm³/mol. The molecule has 0 unspecified atom stereocenters. The van der Waals surface area contributed by atoms with Crippen LogP contribution in [0.4, 0.5) is 0 Å². The fourth-order valence-electron chi connectivity index (χ4n) is 2.21. The molecule has 0 spiro atoms. The highest BCUT2D eigenvalue weighted by Crippen LogP contribution is 2.24. The number of carbonyl (C=O) groups is 1. The Labute approximate surface area is 93.2 Å². The highest BCUT2D eigenvalue weighted by atomic mass is 16.2. The van der Waals surface area contributed by atoms with Gasteiger partial charge in [-0.2, -0.15) is 0 Å². The zero-order valence-corrected chi connectivity index (χ0v) is 10.3. The van der Waals surface area contributed by atoms with Crippen LogP contribution in [0.2, 0.25) is 0 Å². The van der Waals surface area contributed by atoms with Gasteiger partial charge in [0.2, 0.25) is 5.91 Å². The van der Waals surface area contributed by atoms with Crippen molar-refractivity contribution in [1.82, 2.24) is 10.2 Å². The molecule has 3 nitrogen and oxygen atoms in total. The van der Waals surface area contributed by atoms with Gasteiger partial charge >= 0.3 is 0 Å². The van der Waals surface area contributed by atoms with E-state index in [-0.39, 0.29) is 0 Å². The molecule has 15 heavy (non-hydrogen) atoms. The van der Waals surface area contributed by atoms with Gasteiger partial charge in [-0.25, -0.2) is 0 Å². The van der Waals surface area contributed by atoms with E-state index < -0.39 is 0 Å². The molecule has 1 aliphatic heterocycles. The smallest absolute Gasteiger partial charge is 0.223 e. The summed E-state index contributed by atoms with van der Waals surface area (Å²) in [7, 11) is 1.89. The topological polar surface area (TPSA) is 32.3 Å². The van der Waals surface area contributed by atoms with Crippen molar-refractivity contribution in [3.63, 3.8) is 0 Å². The lowest BCUT2D eigenvalue weighted by Crippen LogP contribution is -2.40. The van der Waals surface area contributed by atoms with E-state index in [1.807, 2.05) is 11.9 Å². The Morgan fingerprint density at radius 1 is 1.40 bits per heavy atom. The van der Waals surface area contributed by atoms with Crippen LogP contribution < -0.4 is 5.32 Å². The lowest BCUT2D eigenvalue weighted by molar-refractivity contribution is -0.132. The summed E-state index contributed by atoms with van der Waals surface area (Å²) in [6.45, 7) is 7.28. The fourth-order valence-corrected chi connectivity index (χ4v) is 2.21. The van der Waals surface area contributed by atoms with E-state index in [0.717, 1.165) is 31.5 Å². The summed E-state index contributed by atoms with van der Waals surface area (Å²) in [6, 6.07) is 0. The van der Waals surface area contributed by atoms with Crippen LogP contribution in [0.5, 0.6) is 0 Å². The summed E-state index contributed by atoms with van der Waals surface area (Å²) in [5, 5.41) is 3.02. The first kappa shape index (κ1) is 12.5. The maximum absolute atomic E-state index is 11.7. The third-order valence-electron chi connectivity index (χ3n) is 3.42. The molecule has 1 saturated heterocycles. The van der Waals surface area contributed by atoms with Crippen LogP contribution in [0.15, 0.2) is 0 Å². The van der Waals surface area contributed by atoms with Gasteiger partial charge in [0.25, 0.3) is 0 Å². The molecule has 0 aromatic rings. The number of piperidine rings is 1. The van der Waals surface area contributed by atoms with Gasteiger partial charge in [-0.15, -0.1) is 0 Å². The molecule has 0 bridgehead atoms. The average Bonchev–Trinajstić information content (AvgIpc) is 2.26. The Bertz CT molecular complexity index is 196. The van der Waals surface area contributed by atoms with Crippen molar-refractivity contribution in [1.29, 1.82) is 0 Å². The third kappa shape index (κ3) is 3.82. The summed E-state index contributed by atoms with van der Waals surface area (Å²) in [5.41, 5.74) is 0. The SMILES string of the molecule is CNCCC(=O)N1CCC(C(C)C)CC1. The molecule has 0 aromatic carbocycles. The van der Waals surface area contributed by atoms with Crippen LogP contribution in [0.3, 0.4) is 0 Å². The van der Waals surface area contributed by atoms with Crippen LogP contribution in [0, 0.1) is 11.8 Å². The van der Waals surface area contributed by atoms with E-state index in [0.29, 0.717) is 12.3 Å². The zero-order chi connectivity index (χ0) is 11.3. The zero-order valence-electron chi connectivity index (χ0n) is 10.3. The highest BCUT2D eigenvalue weighted by Gasteiger charge is 2.23. The van der Waals surface area contributed by atoms with Gasteiger partial charge in [-0.1, -0.05) is 13.8 Å². The number of rotatable bonds is 4. The molecule has 1 fully saturated rings. The number of nitrogens with zero attached hydrogens (tertiary/aromatic N) is 1. The Hall–Kier alpha value is -0.570. The first-order valence-electron chi connectivity index (χ1n) is 6.07.